The lowest BCUT2D eigenvalue weighted by Crippen LogP contribution is -2.38. The maximum absolute atomic E-state index is 11.9. The Kier molecular flexibility index (Phi) is 10.9. The molecule has 0 bridgehead atoms. The number of rotatable bonds is 12. The second kappa shape index (κ2) is 14.2. The molecule has 4 rings (SSSR count). The Bertz CT molecular complexity index is 1200. The number of carboxylic acids is 1. The van der Waals surface area contributed by atoms with Crippen molar-refractivity contribution in [3.8, 4) is 0 Å². The smallest absolute Gasteiger partial charge is 0.331 e. The van der Waals surface area contributed by atoms with Gasteiger partial charge in [-0.3, -0.25) is 0 Å². The molecule has 1 aromatic carbocycles. The molecule has 3 saturated carbocycles. The van der Waals surface area contributed by atoms with Gasteiger partial charge < -0.3 is 20.4 Å². The van der Waals surface area contributed by atoms with Crippen LogP contribution < -0.4 is 0 Å². The van der Waals surface area contributed by atoms with Crippen molar-refractivity contribution in [2.75, 3.05) is 6.61 Å². The van der Waals surface area contributed by atoms with Crippen LogP contribution in [0.2, 0.25) is 0 Å². The lowest BCUT2D eigenvalue weighted by atomic mass is 9.60. The molecule has 3 aliphatic carbocycles. The molecule has 228 valence electrons. The van der Waals surface area contributed by atoms with E-state index in [1.165, 1.54) is 12.0 Å². The highest BCUT2D eigenvalue weighted by Gasteiger charge is 2.51. The lowest BCUT2D eigenvalue weighted by Gasteiger charge is -2.44. The molecule has 8 atom stereocenters. The summed E-state index contributed by atoms with van der Waals surface area (Å²) in [5.74, 6) is -0.200. The van der Waals surface area contributed by atoms with Crippen LogP contribution in [0, 0.1) is 29.1 Å². The first-order valence-corrected chi connectivity index (χ1v) is 15.8. The van der Waals surface area contributed by atoms with Crippen molar-refractivity contribution in [1.29, 1.82) is 0 Å². The van der Waals surface area contributed by atoms with Gasteiger partial charge in [-0.15, -0.1) is 6.58 Å². The van der Waals surface area contributed by atoms with Gasteiger partial charge >= 0.3 is 5.97 Å². The van der Waals surface area contributed by atoms with E-state index < -0.39 is 18.2 Å². The minimum atomic E-state index is -0.940. The fraction of sp³-hybridized carbons (Fsp3) is 0.541. The van der Waals surface area contributed by atoms with E-state index >= 15 is 0 Å². The van der Waals surface area contributed by atoms with Crippen LogP contribution in [0.1, 0.15) is 82.6 Å². The fourth-order valence-corrected chi connectivity index (χ4v) is 8.43. The van der Waals surface area contributed by atoms with Crippen LogP contribution in [0.4, 0.5) is 0 Å². The predicted octanol–water partition coefficient (Wildman–Crippen LogP) is 7.13. The van der Waals surface area contributed by atoms with Gasteiger partial charge in [-0.2, -0.15) is 0 Å². The standard InChI is InChI=1S/C37H50O5/c1-5-26(17-18-30(25(3)36(41)42)27-11-7-6-8-12-27)32-19-20-33-28(13-9-21-37(32,33)4)15-16-29-23-34(39)31(14-10-22-38)35(40)24(29)2/h5-8,11-12,15-16,26,30-35,38-40H,1-3,9-10,13-14,17-23H2,4H3,(H,41,42)/b28-15+,29-16-/t26-,30-,31+,32-,33+,34-,35-,37-/m1/s1. The molecule has 1 aromatic rings. The summed E-state index contributed by atoms with van der Waals surface area (Å²) in [4.78, 5) is 11.9. The Morgan fingerprint density at radius 1 is 1.14 bits per heavy atom. The predicted molar refractivity (Wildman–Crippen MR) is 169 cm³/mol. The number of aliphatic carboxylic acids is 1. The zero-order valence-corrected chi connectivity index (χ0v) is 25.3. The molecule has 0 aromatic heterocycles. The highest BCUT2D eigenvalue weighted by Crippen LogP contribution is 2.60. The van der Waals surface area contributed by atoms with Crippen molar-refractivity contribution in [2.45, 2.75) is 89.3 Å². The van der Waals surface area contributed by atoms with Crippen molar-refractivity contribution in [3.63, 3.8) is 0 Å². The summed E-state index contributed by atoms with van der Waals surface area (Å²) < 4.78 is 0. The SMILES string of the molecule is C=C[C@H](CC[C@H](C(=C)C(=O)O)c1ccccc1)[C@H]1CC[C@H]2/C(=C/C=C3/C[C@@H](O)[C@H](CCCO)[C@H](O)C3=C)CCC[C@]12C. The van der Waals surface area contributed by atoms with E-state index in [9.17, 15) is 25.2 Å². The number of fused-ring (bicyclic) bond motifs is 1. The minimum Gasteiger partial charge on any atom is -0.478 e. The highest BCUT2D eigenvalue weighted by molar-refractivity contribution is 5.87. The van der Waals surface area contributed by atoms with E-state index in [4.69, 9.17) is 0 Å². The Hall–Kier alpha value is -2.73. The maximum Gasteiger partial charge on any atom is 0.331 e. The fourth-order valence-electron chi connectivity index (χ4n) is 8.43. The number of carboxylic acid groups (broad SMARTS) is 1. The third kappa shape index (κ3) is 6.74. The van der Waals surface area contributed by atoms with Crippen molar-refractivity contribution in [3.05, 3.63) is 96.2 Å². The summed E-state index contributed by atoms with van der Waals surface area (Å²) in [5.41, 5.74) is 4.44. The summed E-state index contributed by atoms with van der Waals surface area (Å²) in [5, 5.41) is 40.5. The van der Waals surface area contributed by atoms with E-state index in [1.54, 1.807) is 0 Å². The van der Waals surface area contributed by atoms with E-state index in [0.29, 0.717) is 42.6 Å². The molecule has 0 unspecified atom stereocenters. The van der Waals surface area contributed by atoms with Gasteiger partial charge in [-0.25, -0.2) is 4.79 Å². The summed E-state index contributed by atoms with van der Waals surface area (Å²) in [7, 11) is 0. The average Bonchev–Trinajstić information content (AvgIpc) is 3.34. The molecular weight excluding hydrogens is 524 g/mol. The first-order chi connectivity index (χ1) is 20.1. The molecule has 3 aliphatic rings. The second-order valence-electron chi connectivity index (χ2n) is 13.1. The van der Waals surface area contributed by atoms with Gasteiger partial charge in [0.25, 0.3) is 0 Å². The zero-order valence-electron chi connectivity index (χ0n) is 25.3. The van der Waals surface area contributed by atoms with Crippen LogP contribution in [0.3, 0.4) is 0 Å². The topological polar surface area (TPSA) is 98.0 Å². The van der Waals surface area contributed by atoms with E-state index in [-0.39, 0.29) is 29.4 Å². The Morgan fingerprint density at radius 3 is 2.55 bits per heavy atom. The Labute approximate surface area is 252 Å². The molecule has 0 saturated heterocycles. The van der Waals surface area contributed by atoms with Crippen molar-refractivity contribution >= 4 is 5.97 Å². The normalized spacial score (nSPS) is 32.9. The maximum atomic E-state index is 11.9. The number of hydrogen-bond acceptors (Lipinski definition) is 4. The molecule has 0 spiro atoms. The quantitative estimate of drug-likeness (QED) is 0.157. The first-order valence-electron chi connectivity index (χ1n) is 15.8. The van der Waals surface area contributed by atoms with Crippen LogP contribution in [0.25, 0.3) is 0 Å². The second-order valence-corrected chi connectivity index (χ2v) is 13.1. The monoisotopic (exact) mass is 574 g/mol. The van der Waals surface area contributed by atoms with E-state index in [2.05, 4.69) is 44.9 Å². The first kappa shape index (κ1) is 32.2. The van der Waals surface area contributed by atoms with Gasteiger partial charge in [-0.05, 0) is 104 Å². The van der Waals surface area contributed by atoms with Crippen molar-refractivity contribution in [1.82, 2.24) is 0 Å². The van der Waals surface area contributed by atoms with Gasteiger partial charge in [0.2, 0.25) is 0 Å². The van der Waals surface area contributed by atoms with Crippen LogP contribution >= 0.6 is 0 Å². The zero-order chi connectivity index (χ0) is 30.4. The number of carbonyl (C=O) groups is 1. The van der Waals surface area contributed by atoms with Crippen LogP contribution in [0.15, 0.2) is 90.6 Å². The molecule has 5 heteroatoms. The van der Waals surface area contributed by atoms with Crippen LogP contribution in [0.5, 0.6) is 0 Å². The number of allylic oxidation sites excluding steroid dienone is 4. The van der Waals surface area contributed by atoms with E-state index in [0.717, 1.165) is 49.7 Å². The summed E-state index contributed by atoms with van der Waals surface area (Å²) in [6.45, 7) is 14.8. The molecular formula is C37H50O5. The summed E-state index contributed by atoms with van der Waals surface area (Å²) in [6, 6.07) is 9.85. The van der Waals surface area contributed by atoms with Gasteiger partial charge in [0.1, 0.15) is 0 Å². The van der Waals surface area contributed by atoms with Gasteiger partial charge in [-0.1, -0.05) is 74.2 Å². The Balaban J connectivity index is 1.49. The number of aliphatic hydroxyl groups is 3. The third-order valence-electron chi connectivity index (χ3n) is 10.8. The number of aliphatic hydroxyl groups excluding tert-OH is 3. The largest absolute Gasteiger partial charge is 0.478 e. The highest BCUT2D eigenvalue weighted by atomic mass is 16.4. The lowest BCUT2D eigenvalue weighted by molar-refractivity contribution is -0.133. The molecule has 3 fully saturated rings. The summed E-state index contributed by atoms with van der Waals surface area (Å²) >= 11 is 0. The molecule has 42 heavy (non-hydrogen) atoms. The third-order valence-corrected chi connectivity index (χ3v) is 10.8. The van der Waals surface area contributed by atoms with Gasteiger partial charge in [0.05, 0.1) is 12.2 Å². The van der Waals surface area contributed by atoms with Crippen LogP contribution in [-0.2, 0) is 4.79 Å². The molecule has 0 radical (unpaired) electrons. The van der Waals surface area contributed by atoms with Crippen molar-refractivity contribution < 1.29 is 25.2 Å². The van der Waals surface area contributed by atoms with Gasteiger partial charge in [0.15, 0.2) is 0 Å². The average molecular weight is 575 g/mol. The van der Waals surface area contributed by atoms with Crippen LogP contribution in [-0.4, -0.2) is 45.2 Å². The molecule has 0 amide bonds. The van der Waals surface area contributed by atoms with E-state index in [1.807, 2.05) is 30.3 Å². The molecule has 0 aliphatic heterocycles. The summed E-state index contributed by atoms with van der Waals surface area (Å²) in [6.07, 6.45) is 13.8. The number of hydrogen-bond donors (Lipinski definition) is 4. The molecule has 4 N–H and O–H groups in total. The van der Waals surface area contributed by atoms with Gasteiger partial charge in [0, 0.05) is 24.0 Å². The number of benzene rings is 1. The van der Waals surface area contributed by atoms with Crippen molar-refractivity contribution in [2.24, 2.45) is 29.1 Å². The Morgan fingerprint density at radius 2 is 1.88 bits per heavy atom. The minimum absolute atomic E-state index is 0.0519. The molecule has 0 heterocycles. The molecule has 5 nitrogen and oxygen atoms in total.